The fourth-order valence-electron chi connectivity index (χ4n) is 5.56. The number of aromatic hydroxyl groups is 1. The van der Waals surface area contributed by atoms with Gasteiger partial charge in [-0.05, 0) is 80.7 Å². The molecular weight excluding hydrogens is 452 g/mol. The molecule has 3 aromatic rings. The summed E-state index contributed by atoms with van der Waals surface area (Å²) in [4.78, 5) is 0. The second-order valence-electron chi connectivity index (χ2n) is 10.6. The molecule has 1 aliphatic rings. The quantitative estimate of drug-likeness (QED) is 0.269. The van der Waals surface area contributed by atoms with E-state index in [1.54, 1.807) is 6.07 Å². The third kappa shape index (κ3) is 6.16. The van der Waals surface area contributed by atoms with Gasteiger partial charge in [-0.2, -0.15) is 0 Å². The first-order valence-electron chi connectivity index (χ1n) is 12.9. The molecule has 0 amide bonds. The minimum absolute atomic E-state index is 0.359. The topological polar surface area (TPSA) is 101 Å². The number of rotatable bonds is 8. The Morgan fingerprint density at radius 3 is 1.86 bits per heavy atom. The van der Waals surface area contributed by atoms with Crippen LogP contribution in [0.25, 0.3) is 0 Å². The molecule has 0 spiro atoms. The van der Waals surface area contributed by atoms with Gasteiger partial charge in [0.25, 0.3) is 0 Å². The number of hydrogen-bond donors (Lipinski definition) is 5. The standard InChI is InChI=1S/C31H38O5/c1-21-6-10-24(11-7-21)27(25-12-8-22(2)9-13-25)5-3-4-23-16-18-30(33,19-17-23)26-14-15-29(32)28(20-26)31(34,35)36/h6-15,20,23,27,32-36H,3-5,16-19H2,1-2H3. The summed E-state index contributed by atoms with van der Waals surface area (Å²) in [5.74, 6) is -2.71. The number of hydrogen-bond acceptors (Lipinski definition) is 5. The van der Waals surface area contributed by atoms with E-state index >= 15 is 0 Å². The van der Waals surface area contributed by atoms with Crippen molar-refractivity contribution in [3.8, 4) is 5.75 Å². The van der Waals surface area contributed by atoms with E-state index in [9.17, 15) is 25.5 Å². The average molecular weight is 491 g/mol. The van der Waals surface area contributed by atoms with Crippen LogP contribution in [0.1, 0.15) is 84.2 Å². The third-order valence-corrected chi connectivity index (χ3v) is 7.89. The first kappa shape index (κ1) is 26.4. The summed E-state index contributed by atoms with van der Waals surface area (Å²) in [5.41, 5.74) is 4.16. The van der Waals surface area contributed by atoms with Gasteiger partial charge in [0, 0.05) is 5.92 Å². The van der Waals surface area contributed by atoms with Crippen molar-refractivity contribution >= 4 is 0 Å². The lowest BCUT2D eigenvalue weighted by molar-refractivity contribution is -0.324. The molecule has 192 valence electrons. The number of aryl methyl sites for hydroxylation is 2. The number of aliphatic hydroxyl groups is 4. The number of benzene rings is 3. The van der Waals surface area contributed by atoms with Crippen molar-refractivity contribution in [2.75, 3.05) is 0 Å². The molecule has 5 nitrogen and oxygen atoms in total. The number of phenolic OH excluding ortho intramolecular Hbond substituents is 1. The van der Waals surface area contributed by atoms with E-state index in [1.165, 1.54) is 34.4 Å². The molecule has 3 aromatic carbocycles. The van der Waals surface area contributed by atoms with Gasteiger partial charge in [-0.15, -0.1) is 0 Å². The molecule has 5 N–H and O–H groups in total. The molecule has 5 heteroatoms. The van der Waals surface area contributed by atoms with E-state index in [2.05, 4.69) is 62.4 Å². The lowest BCUT2D eigenvalue weighted by Gasteiger charge is -2.37. The Morgan fingerprint density at radius 1 is 0.833 bits per heavy atom. The number of phenols is 1. The fourth-order valence-corrected chi connectivity index (χ4v) is 5.56. The highest BCUT2D eigenvalue weighted by atomic mass is 16.7. The maximum Gasteiger partial charge on any atom is 0.308 e. The zero-order chi connectivity index (χ0) is 25.9. The van der Waals surface area contributed by atoms with Gasteiger partial charge in [-0.25, -0.2) is 0 Å². The van der Waals surface area contributed by atoms with E-state index in [0.717, 1.165) is 32.1 Å². The molecule has 1 fully saturated rings. The molecule has 0 unspecified atom stereocenters. The highest BCUT2D eigenvalue weighted by Crippen LogP contribution is 2.43. The third-order valence-electron chi connectivity index (χ3n) is 7.89. The van der Waals surface area contributed by atoms with Crippen LogP contribution in [0.4, 0.5) is 0 Å². The molecule has 36 heavy (non-hydrogen) atoms. The summed E-state index contributed by atoms with van der Waals surface area (Å²) in [5, 5.41) is 49.7. The van der Waals surface area contributed by atoms with Gasteiger partial charge in [0.2, 0.25) is 0 Å². The van der Waals surface area contributed by atoms with E-state index in [1.807, 2.05) is 0 Å². The largest absolute Gasteiger partial charge is 0.507 e. The Labute approximate surface area is 213 Å². The highest BCUT2D eigenvalue weighted by molar-refractivity contribution is 5.40. The van der Waals surface area contributed by atoms with Crippen LogP contribution in [0.5, 0.6) is 5.75 Å². The van der Waals surface area contributed by atoms with E-state index in [-0.39, 0.29) is 0 Å². The van der Waals surface area contributed by atoms with Crippen molar-refractivity contribution in [3.63, 3.8) is 0 Å². The highest BCUT2D eigenvalue weighted by Gasteiger charge is 2.37. The Balaban J connectivity index is 1.38. The molecule has 1 saturated carbocycles. The Kier molecular flexibility index (Phi) is 7.86. The predicted octanol–water partition coefficient (Wildman–Crippen LogP) is 5.48. The van der Waals surface area contributed by atoms with Gasteiger partial charge in [0.1, 0.15) is 5.75 Å². The van der Waals surface area contributed by atoms with Crippen LogP contribution in [0.2, 0.25) is 0 Å². The van der Waals surface area contributed by atoms with Gasteiger partial charge in [0.05, 0.1) is 11.2 Å². The van der Waals surface area contributed by atoms with Crippen LogP contribution < -0.4 is 0 Å². The second kappa shape index (κ2) is 10.7. The summed E-state index contributed by atoms with van der Waals surface area (Å²) in [6.45, 7) is 4.23. The van der Waals surface area contributed by atoms with Crippen LogP contribution in [-0.2, 0) is 11.6 Å². The zero-order valence-corrected chi connectivity index (χ0v) is 21.2. The molecule has 4 rings (SSSR count). The van der Waals surface area contributed by atoms with Crippen molar-refractivity contribution in [3.05, 3.63) is 100 Å². The predicted molar refractivity (Wildman–Crippen MR) is 140 cm³/mol. The molecular formula is C31H38O5. The molecule has 0 saturated heterocycles. The molecule has 1 aliphatic carbocycles. The lowest BCUT2D eigenvalue weighted by Crippen LogP contribution is -2.32. The minimum Gasteiger partial charge on any atom is -0.507 e. The van der Waals surface area contributed by atoms with Gasteiger partial charge < -0.3 is 25.5 Å². The SMILES string of the molecule is Cc1ccc(C(CCCC2CCC(O)(c3ccc(O)c(C(O)(O)O)c3)CC2)c2ccc(C)cc2)cc1. The smallest absolute Gasteiger partial charge is 0.308 e. The minimum atomic E-state index is -3.15. The summed E-state index contributed by atoms with van der Waals surface area (Å²) >= 11 is 0. The lowest BCUT2D eigenvalue weighted by atomic mass is 9.73. The van der Waals surface area contributed by atoms with Crippen LogP contribution in [0, 0.1) is 19.8 Å². The maximum absolute atomic E-state index is 11.3. The van der Waals surface area contributed by atoms with Crippen molar-refractivity contribution in [1.82, 2.24) is 0 Å². The zero-order valence-electron chi connectivity index (χ0n) is 21.2. The van der Waals surface area contributed by atoms with Crippen molar-refractivity contribution in [2.24, 2.45) is 5.92 Å². The van der Waals surface area contributed by atoms with Gasteiger partial charge in [-0.3, -0.25) is 0 Å². The van der Waals surface area contributed by atoms with E-state index in [4.69, 9.17) is 0 Å². The first-order chi connectivity index (χ1) is 17.0. The van der Waals surface area contributed by atoms with E-state index in [0.29, 0.717) is 30.2 Å². The Bertz CT molecular complexity index is 1090. The van der Waals surface area contributed by atoms with Crippen molar-refractivity contribution < 1.29 is 25.5 Å². The molecule has 0 radical (unpaired) electrons. The van der Waals surface area contributed by atoms with Gasteiger partial charge >= 0.3 is 5.97 Å². The van der Waals surface area contributed by atoms with E-state index < -0.39 is 22.9 Å². The van der Waals surface area contributed by atoms with Crippen LogP contribution in [-0.4, -0.2) is 25.5 Å². The Morgan fingerprint density at radius 2 is 1.36 bits per heavy atom. The molecule has 0 heterocycles. The summed E-state index contributed by atoms with van der Waals surface area (Å²) < 4.78 is 0. The summed E-state index contributed by atoms with van der Waals surface area (Å²) in [6.07, 6.45) is 6.11. The van der Waals surface area contributed by atoms with Crippen LogP contribution in [0.3, 0.4) is 0 Å². The molecule has 0 aliphatic heterocycles. The van der Waals surface area contributed by atoms with Crippen LogP contribution >= 0.6 is 0 Å². The average Bonchev–Trinajstić information content (AvgIpc) is 2.84. The molecule has 0 atom stereocenters. The van der Waals surface area contributed by atoms with Gasteiger partial charge in [-0.1, -0.05) is 78.6 Å². The first-order valence-corrected chi connectivity index (χ1v) is 12.9. The van der Waals surface area contributed by atoms with Crippen LogP contribution in [0.15, 0.2) is 66.7 Å². The normalized spacial score (nSPS) is 20.6. The molecule has 0 bridgehead atoms. The van der Waals surface area contributed by atoms with Crippen molar-refractivity contribution in [2.45, 2.75) is 76.3 Å². The maximum atomic E-state index is 11.3. The Hall–Kier alpha value is -2.70. The van der Waals surface area contributed by atoms with Crippen molar-refractivity contribution in [1.29, 1.82) is 0 Å². The molecule has 0 aromatic heterocycles. The second-order valence-corrected chi connectivity index (χ2v) is 10.6. The summed E-state index contributed by atoms with van der Waals surface area (Å²) in [6, 6.07) is 21.8. The monoisotopic (exact) mass is 490 g/mol. The summed E-state index contributed by atoms with van der Waals surface area (Å²) in [7, 11) is 0. The fraction of sp³-hybridized carbons (Fsp3) is 0.419. The van der Waals surface area contributed by atoms with Gasteiger partial charge in [0.15, 0.2) is 0 Å².